The largest absolute Gasteiger partial charge is 0.393 e. The molecule has 0 bridgehead atoms. The molecule has 0 saturated carbocycles. The molecule has 15 heavy (non-hydrogen) atoms. The molecule has 0 aliphatic carbocycles. The van der Waals surface area contributed by atoms with Crippen LogP contribution >= 0.6 is 0 Å². The number of aromatic nitrogens is 4. The predicted molar refractivity (Wildman–Crippen MR) is 54.5 cm³/mol. The van der Waals surface area contributed by atoms with Crippen molar-refractivity contribution in [2.24, 2.45) is 0 Å². The number of aliphatic hydroxyl groups is 1. The Balaban J connectivity index is 2.17. The highest BCUT2D eigenvalue weighted by Gasteiger charge is 2.01. The van der Waals surface area contributed by atoms with Crippen LogP contribution in [0.2, 0.25) is 0 Å². The van der Waals surface area contributed by atoms with Crippen molar-refractivity contribution in [1.82, 2.24) is 19.7 Å². The molecule has 78 valence electrons. The van der Waals surface area contributed by atoms with Gasteiger partial charge in [-0.05, 0) is 25.0 Å². The lowest BCUT2D eigenvalue weighted by atomic mass is 10.1. The summed E-state index contributed by atoms with van der Waals surface area (Å²) in [5.74, 6) is 0.724. The summed E-state index contributed by atoms with van der Waals surface area (Å²) in [7, 11) is 0. The molecule has 0 aromatic carbocycles. The second-order valence-electron chi connectivity index (χ2n) is 3.42. The van der Waals surface area contributed by atoms with Crippen LogP contribution in [0.1, 0.15) is 12.5 Å². The van der Waals surface area contributed by atoms with E-state index in [2.05, 4.69) is 15.1 Å². The molecule has 0 aliphatic rings. The summed E-state index contributed by atoms with van der Waals surface area (Å²) in [6.45, 7) is 1.76. The van der Waals surface area contributed by atoms with Gasteiger partial charge in [0, 0.05) is 6.20 Å². The molecule has 2 aromatic rings. The van der Waals surface area contributed by atoms with Crippen LogP contribution in [0.4, 0.5) is 0 Å². The van der Waals surface area contributed by atoms with Gasteiger partial charge in [0.25, 0.3) is 0 Å². The van der Waals surface area contributed by atoms with E-state index in [4.69, 9.17) is 0 Å². The molecule has 5 heteroatoms. The van der Waals surface area contributed by atoms with E-state index in [1.807, 2.05) is 12.1 Å². The Morgan fingerprint density at radius 2 is 2.33 bits per heavy atom. The minimum absolute atomic E-state index is 0.343. The smallest absolute Gasteiger partial charge is 0.155 e. The number of hydrogen-bond donors (Lipinski definition) is 1. The van der Waals surface area contributed by atoms with E-state index in [0.717, 1.165) is 11.4 Å². The van der Waals surface area contributed by atoms with Gasteiger partial charge >= 0.3 is 0 Å². The van der Waals surface area contributed by atoms with E-state index in [9.17, 15) is 5.11 Å². The number of rotatable bonds is 3. The first-order valence-electron chi connectivity index (χ1n) is 4.73. The van der Waals surface area contributed by atoms with Crippen LogP contribution in [0.25, 0.3) is 5.82 Å². The SMILES string of the molecule is CC(O)Cc1ccc(-n2cncn2)nc1. The Morgan fingerprint density at radius 1 is 1.47 bits per heavy atom. The Bertz CT molecular complexity index is 407. The minimum atomic E-state index is -0.343. The second-order valence-corrected chi connectivity index (χ2v) is 3.42. The molecule has 1 atom stereocenters. The molecule has 0 amide bonds. The van der Waals surface area contributed by atoms with E-state index < -0.39 is 0 Å². The fourth-order valence-corrected chi connectivity index (χ4v) is 1.34. The molecule has 2 aromatic heterocycles. The van der Waals surface area contributed by atoms with Crippen molar-refractivity contribution in [1.29, 1.82) is 0 Å². The number of hydrogen-bond acceptors (Lipinski definition) is 4. The van der Waals surface area contributed by atoms with Crippen molar-refractivity contribution >= 4 is 0 Å². The van der Waals surface area contributed by atoms with Gasteiger partial charge in [0.15, 0.2) is 5.82 Å². The molecular formula is C10H12N4O. The summed E-state index contributed by atoms with van der Waals surface area (Å²) in [5, 5.41) is 13.2. The maximum atomic E-state index is 9.20. The monoisotopic (exact) mass is 204 g/mol. The van der Waals surface area contributed by atoms with Crippen molar-refractivity contribution in [3.63, 3.8) is 0 Å². The lowest BCUT2D eigenvalue weighted by molar-refractivity contribution is 0.195. The maximum absolute atomic E-state index is 9.20. The highest BCUT2D eigenvalue weighted by atomic mass is 16.3. The molecule has 5 nitrogen and oxygen atoms in total. The highest BCUT2D eigenvalue weighted by Crippen LogP contribution is 2.05. The summed E-state index contributed by atoms with van der Waals surface area (Å²) >= 11 is 0. The number of nitrogens with zero attached hydrogens (tertiary/aromatic N) is 4. The molecule has 0 aliphatic heterocycles. The minimum Gasteiger partial charge on any atom is -0.393 e. The Labute approximate surface area is 87.4 Å². The highest BCUT2D eigenvalue weighted by molar-refractivity contribution is 5.23. The van der Waals surface area contributed by atoms with Gasteiger partial charge in [-0.1, -0.05) is 6.07 Å². The van der Waals surface area contributed by atoms with Crippen LogP contribution in [-0.4, -0.2) is 31.0 Å². The molecule has 1 unspecified atom stereocenters. The van der Waals surface area contributed by atoms with E-state index >= 15 is 0 Å². The first kappa shape index (κ1) is 9.79. The van der Waals surface area contributed by atoms with E-state index in [-0.39, 0.29) is 6.10 Å². The van der Waals surface area contributed by atoms with Gasteiger partial charge in [-0.25, -0.2) is 14.6 Å². The standard InChI is InChI=1S/C10H12N4O/c1-8(15)4-9-2-3-10(12-5-9)14-7-11-6-13-14/h2-3,5-8,15H,4H2,1H3. The first-order valence-corrected chi connectivity index (χ1v) is 4.73. The van der Waals surface area contributed by atoms with Crippen molar-refractivity contribution in [2.45, 2.75) is 19.4 Å². The predicted octanol–water partition coefficient (Wildman–Crippen LogP) is 0.586. The third kappa shape index (κ3) is 2.38. The van der Waals surface area contributed by atoms with Crippen LogP contribution in [0.3, 0.4) is 0 Å². The van der Waals surface area contributed by atoms with Crippen LogP contribution in [0, 0.1) is 0 Å². The zero-order valence-corrected chi connectivity index (χ0v) is 8.41. The summed E-state index contributed by atoms with van der Waals surface area (Å²) in [6.07, 6.45) is 5.07. The zero-order valence-electron chi connectivity index (χ0n) is 8.41. The lowest BCUT2D eigenvalue weighted by Gasteiger charge is -2.04. The molecule has 1 N–H and O–H groups in total. The summed E-state index contributed by atoms with van der Waals surface area (Å²) in [6, 6.07) is 3.78. The summed E-state index contributed by atoms with van der Waals surface area (Å²) in [5.41, 5.74) is 1.01. The Morgan fingerprint density at radius 3 is 2.87 bits per heavy atom. The first-order chi connectivity index (χ1) is 7.25. The van der Waals surface area contributed by atoms with Gasteiger partial charge in [0.1, 0.15) is 12.7 Å². The summed E-state index contributed by atoms with van der Waals surface area (Å²) in [4.78, 5) is 8.06. The zero-order chi connectivity index (χ0) is 10.7. The fourth-order valence-electron chi connectivity index (χ4n) is 1.34. The van der Waals surface area contributed by atoms with E-state index in [1.54, 1.807) is 24.1 Å². The maximum Gasteiger partial charge on any atom is 0.155 e. The van der Waals surface area contributed by atoms with Crippen molar-refractivity contribution in [2.75, 3.05) is 0 Å². The van der Waals surface area contributed by atoms with Gasteiger partial charge in [0.2, 0.25) is 0 Å². The Hall–Kier alpha value is -1.75. The quantitative estimate of drug-likeness (QED) is 0.794. The number of aliphatic hydroxyl groups excluding tert-OH is 1. The topological polar surface area (TPSA) is 63.8 Å². The molecule has 0 fully saturated rings. The molecule has 2 heterocycles. The average molecular weight is 204 g/mol. The molecule has 0 radical (unpaired) electrons. The van der Waals surface area contributed by atoms with Crippen molar-refractivity contribution in [3.8, 4) is 5.82 Å². The summed E-state index contributed by atoms with van der Waals surface area (Å²) < 4.78 is 1.59. The lowest BCUT2D eigenvalue weighted by Crippen LogP contribution is -2.05. The van der Waals surface area contributed by atoms with E-state index in [0.29, 0.717) is 6.42 Å². The Kier molecular flexibility index (Phi) is 2.73. The third-order valence-electron chi connectivity index (χ3n) is 1.99. The molecule has 0 saturated heterocycles. The second kappa shape index (κ2) is 4.18. The van der Waals surface area contributed by atoms with Gasteiger partial charge in [-0.2, -0.15) is 5.10 Å². The van der Waals surface area contributed by atoms with E-state index in [1.165, 1.54) is 6.33 Å². The van der Waals surface area contributed by atoms with Gasteiger partial charge in [-0.3, -0.25) is 0 Å². The van der Waals surface area contributed by atoms with Crippen molar-refractivity contribution in [3.05, 3.63) is 36.5 Å². The van der Waals surface area contributed by atoms with Crippen LogP contribution < -0.4 is 0 Å². The van der Waals surface area contributed by atoms with Gasteiger partial charge in [-0.15, -0.1) is 0 Å². The van der Waals surface area contributed by atoms with Crippen LogP contribution in [0.15, 0.2) is 31.0 Å². The van der Waals surface area contributed by atoms with Crippen molar-refractivity contribution < 1.29 is 5.11 Å². The molecule has 0 spiro atoms. The number of pyridine rings is 1. The van der Waals surface area contributed by atoms with Gasteiger partial charge in [0.05, 0.1) is 6.10 Å². The average Bonchev–Trinajstić information content (AvgIpc) is 2.71. The van der Waals surface area contributed by atoms with Crippen LogP contribution in [-0.2, 0) is 6.42 Å². The van der Waals surface area contributed by atoms with Crippen LogP contribution in [0.5, 0.6) is 0 Å². The third-order valence-corrected chi connectivity index (χ3v) is 1.99. The fraction of sp³-hybridized carbons (Fsp3) is 0.300. The molecular weight excluding hydrogens is 192 g/mol. The normalized spacial score (nSPS) is 12.7. The van der Waals surface area contributed by atoms with Gasteiger partial charge < -0.3 is 5.11 Å². The molecule has 2 rings (SSSR count).